The monoisotopic (exact) mass is 101 g/mol. The number of allylic oxidation sites excluding steroid dienone is 2. The normalized spacial score (nSPS) is 15.3. The summed E-state index contributed by atoms with van der Waals surface area (Å²) in [7, 11) is 0. The van der Waals surface area contributed by atoms with Crippen molar-refractivity contribution < 1.29 is 4.39 Å². The summed E-state index contributed by atoms with van der Waals surface area (Å²) in [6, 6.07) is 0. The van der Waals surface area contributed by atoms with Gasteiger partial charge in [-0.05, 0) is 6.92 Å². The third kappa shape index (κ3) is 3.50. The van der Waals surface area contributed by atoms with Crippen molar-refractivity contribution >= 4 is 0 Å². The van der Waals surface area contributed by atoms with Crippen molar-refractivity contribution in [2.24, 2.45) is 5.92 Å². The third-order valence-corrected chi connectivity index (χ3v) is 0.708. The smallest absolute Gasteiger partial charge is 0.0954 e. The Morgan fingerprint density at radius 3 is 2.57 bits per heavy atom. The Bertz CT molecular complexity index is 57.2. The Morgan fingerprint density at radius 2 is 2.43 bits per heavy atom. The van der Waals surface area contributed by atoms with Gasteiger partial charge in [0.15, 0.2) is 0 Å². The average Bonchev–Trinajstić information content (AvgIpc) is 1.68. The molecule has 0 aromatic carbocycles. The Kier molecular flexibility index (Phi) is 3.67. The van der Waals surface area contributed by atoms with Crippen LogP contribution in [0.25, 0.3) is 0 Å². The van der Waals surface area contributed by atoms with E-state index < -0.39 is 0 Å². The number of hydrogen-bond acceptors (Lipinski definition) is 0. The zero-order valence-corrected chi connectivity index (χ0v) is 4.52. The van der Waals surface area contributed by atoms with Crippen molar-refractivity contribution in [3.05, 3.63) is 19.1 Å². The highest BCUT2D eigenvalue weighted by atomic mass is 19.1. The van der Waals surface area contributed by atoms with E-state index in [4.69, 9.17) is 0 Å². The SMILES string of the molecule is [CH2]/C=C/C(C)CF. The number of rotatable bonds is 2. The summed E-state index contributed by atoms with van der Waals surface area (Å²) in [4.78, 5) is 0. The molecule has 0 aliphatic carbocycles. The van der Waals surface area contributed by atoms with Gasteiger partial charge in [-0.2, -0.15) is 0 Å². The van der Waals surface area contributed by atoms with E-state index in [-0.39, 0.29) is 12.6 Å². The standard InChI is InChI=1S/C6H10F/c1-3-4-6(2)5-7/h3-4,6H,1,5H2,2H3/b4-3+. The molecule has 0 nitrogen and oxygen atoms in total. The second kappa shape index (κ2) is 3.85. The second-order valence-electron chi connectivity index (χ2n) is 1.56. The molecule has 7 heavy (non-hydrogen) atoms. The van der Waals surface area contributed by atoms with Gasteiger partial charge in [-0.3, -0.25) is 4.39 Å². The summed E-state index contributed by atoms with van der Waals surface area (Å²) in [6.07, 6.45) is 3.35. The van der Waals surface area contributed by atoms with Crippen LogP contribution in [0.2, 0.25) is 0 Å². The molecule has 1 radical (unpaired) electrons. The van der Waals surface area contributed by atoms with Crippen molar-refractivity contribution in [2.75, 3.05) is 6.67 Å². The van der Waals surface area contributed by atoms with Gasteiger partial charge in [0.1, 0.15) is 0 Å². The summed E-state index contributed by atoms with van der Waals surface area (Å²) in [6.45, 7) is 4.95. The van der Waals surface area contributed by atoms with Crippen molar-refractivity contribution in [1.29, 1.82) is 0 Å². The quantitative estimate of drug-likeness (QED) is 0.499. The van der Waals surface area contributed by atoms with Crippen LogP contribution in [0, 0.1) is 12.8 Å². The Labute approximate surface area is 44.0 Å². The van der Waals surface area contributed by atoms with Crippen LogP contribution in [-0.4, -0.2) is 6.67 Å². The molecule has 0 aliphatic rings. The van der Waals surface area contributed by atoms with Gasteiger partial charge in [0.05, 0.1) is 6.67 Å². The molecule has 41 valence electrons. The van der Waals surface area contributed by atoms with Crippen molar-refractivity contribution in [3.63, 3.8) is 0 Å². The summed E-state index contributed by atoms with van der Waals surface area (Å²) < 4.78 is 11.5. The number of halogens is 1. The van der Waals surface area contributed by atoms with E-state index in [9.17, 15) is 4.39 Å². The molecule has 0 saturated heterocycles. The van der Waals surface area contributed by atoms with Gasteiger partial charge in [0, 0.05) is 5.92 Å². The predicted molar refractivity (Wildman–Crippen MR) is 29.6 cm³/mol. The van der Waals surface area contributed by atoms with Crippen LogP contribution in [0.5, 0.6) is 0 Å². The van der Waals surface area contributed by atoms with Crippen LogP contribution < -0.4 is 0 Å². The molecule has 0 fully saturated rings. The van der Waals surface area contributed by atoms with Crippen molar-refractivity contribution in [2.45, 2.75) is 6.92 Å². The molecule has 0 aliphatic heterocycles. The van der Waals surface area contributed by atoms with E-state index in [2.05, 4.69) is 6.92 Å². The maximum absolute atomic E-state index is 11.5. The minimum atomic E-state index is -0.286. The van der Waals surface area contributed by atoms with Gasteiger partial charge >= 0.3 is 0 Å². The fraction of sp³-hybridized carbons (Fsp3) is 0.500. The first kappa shape index (κ1) is 6.67. The van der Waals surface area contributed by atoms with Gasteiger partial charge in [-0.1, -0.05) is 19.1 Å². The molecule has 1 unspecified atom stereocenters. The molecule has 1 heteroatoms. The maximum Gasteiger partial charge on any atom is 0.0954 e. The zero-order valence-electron chi connectivity index (χ0n) is 4.52. The first-order valence-electron chi connectivity index (χ1n) is 2.33. The number of hydrogen-bond donors (Lipinski definition) is 0. The summed E-state index contributed by atoms with van der Waals surface area (Å²) >= 11 is 0. The lowest BCUT2D eigenvalue weighted by molar-refractivity contribution is 0.430. The fourth-order valence-corrected chi connectivity index (χ4v) is 0.284. The molecule has 0 spiro atoms. The molecule has 0 aromatic rings. The van der Waals surface area contributed by atoms with E-state index in [1.54, 1.807) is 12.2 Å². The molecule has 0 heterocycles. The average molecular weight is 101 g/mol. The highest BCUT2D eigenvalue weighted by molar-refractivity contribution is 4.87. The van der Waals surface area contributed by atoms with E-state index in [1.165, 1.54) is 0 Å². The van der Waals surface area contributed by atoms with Crippen molar-refractivity contribution in [1.82, 2.24) is 0 Å². The molecule has 0 rings (SSSR count). The molecule has 0 amide bonds. The third-order valence-electron chi connectivity index (χ3n) is 0.708. The van der Waals surface area contributed by atoms with Gasteiger partial charge in [-0.25, -0.2) is 0 Å². The summed E-state index contributed by atoms with van der Waals surface area (Å²) in [5.41, 5.74) is 0. The van der Waals surface area contributed by atoms with E-state index in [0.29, 0.717) is 0 Å². The topological polar surface area (TPSA) is 0 Å². The maximum atomic E-state index is 11.5. The van der Waals surface area contributed by atoms with Crippen LogP contribution in [0.1, 0.15) is 6.92 Å². The van der Waals surface area contributed by atoms with Crippen molar-refractivity contribution in [3.8, 4) is 0 Å². The Balaban J connectivity index is 3.16. The Hall–Kier alpha value is -0.330. The fourth-order valence-electron chi connectivity index (χ4n) is 0.284. The minimum absolute atomic E-state index is 0.0394. The summed E-state index contributed by atoms with van der Waals surface area (Å²) in [5.74, 6) is 0.0394. The lowest BCUT2D eigenvalue weighted by Crippen LogP contribution is -1.88. The largest absolute Gasteiger partial charge is 0.250 e. The first-order chi connectivity index (χ1) is 3.31. The first-order valence-corrected chi connectivity index (χ1v) is 2.33. The van der Waals surface area contributed by atoms with Crippen LogP contribution in [0.4, 0.5) is 4.39 Å². The molecular weight excluding hydrogens is 91.1 g/mol. The predicted octanol–water partition coefficient (Wildman–Crippen LogP) is 1.98. The molecular formula is C6H10F. The van der Waals surface area contributed by atoms with E-state index in [1.807, 2.05) is 6.92 Å². The lowest BCUT2D eigenvalue weighted by atomic mass is 10.2. The second-order valence-corrected chi connectivity index (χ2v) is 1.56. The van der Waals surface area contributed by atoms with Crippen LogP contribution >= 0.6 is 0 Å². The minimum Gasteiger partial charge on any atom is -0.250 e. The zero-order chi connectivity index (χ0) is 5.70. The van der Waals surface area contributed by atoms with Gasteiger partial charge in [0.25, 0.3) is 0 Å². The van der Waals surface area contributed by atoms with Crippen LogP contribution in [-0.2, 0) is 0 Å². The number of alkyl halides is 1. The molecule has 1 atom stereocenters. The highest BCUT2D eigenvalue weighted by Crippen LogP contribution is 1.95. The van der Waals surface area contributed by atoms with Gasteiger partial charge < -0.3 is 0 Å². The molecule has 0 saturated carbocycles. The highest BCUT2D eigenvalue weighted by Gasteiger charge is 1.89. The Morgan fingerprint density at radius 1 is 1.86 bits per heavy atom. The van der Waals surface area contributed by atoms with Crippen LogP contribution in [0.15, 0.2) is 12.2 Å². The lowest BCUT2D eigenvalue weighted by Gasteiger charge is -1.92. The van der Waals surface area contributed by atoms with E-state index >= 15 is 0 Å². The molecule has 0 aromatic heterocycles. The van der Waals surface area contributed by atoms with E-state index in [0.717, 1.165) is 0 Å². The molecule has 0 N–H and O–H groups in total. The van der Waals surface area contributed by atoms with Gasteiger partial charge in [-0.15, -0.1) is 0 Å². The van der Waals surface area contributed by atoms with Crippen LogP contribution in [0.3, 0.4) is 0 Å². The van der Waals surface area contributed by atoms with Gasteiger partial charge in [0.2, 0.25) is 0 Å². The summed E-state index contributed by atoms with van der Waals surface area (Å²) in [5, 5.41) is 0. The molecule has 0 bridgehead atoms.